The summed E-state index contributed by atoms with van der Waals surface area (Å²) < 4.78 is 5.21. The van der Waals surface area contributed by atoms with Crippen LogP contribution in [-0.2, 0) is 0 Å². The Labute approximate surface area is 111 Å². The van der Waals surface area contributed by atoms with E-state index in [1.807, 2.05) is 25.1 Å². The van der Waals surface area contributed by atoms with Crippen molar-refractivity contribution in [3.05, 3.63) is 47.2 Å². The molecule has 0 bridgehead atoms. The molecule has 1 aromatic carbocycles. The average molecular weight is 257 g/mol. The summed E-state index contributed by atoms with van der Waals surface area (Å²) in [5.41, 5.74) is 3.46. The van der Waals surface area contributed by atoms with Crippen LogP contribution in [0.2, 0.25) is 0 Å². The maximum absolute atomic E-state index is 11.0. The fraction of sp³-hybridized carbons (Fsp3) is 0.200. The smallest absolute Gasteiger partial charge is 0.337 e. The Bertz CT molecular complexity index is 635. The van der Waals surface area contributed by atoms with E-state index in [-0.39, 0.29) is 5.56 Å². The van der Waals surface area contributed by atoms with E-state index in [0.29, 0.717) is 5.69 Å². The molecule has 1 heterocycles. The Hall–Kier alpha value is -2.36. The zero-order valence-electron chi connectivity index (χ0n) is 11.1. The van der Waals surface area contributed by atoms with Gasteiger partial charge in [0.05, 0.1) is 24.1 Å². The molecule has 0 amide bonds. The molecule has 2 rings (SSSR count). The predicted molar refractivity (Wildman–Crippen MR) is 72.7 cm³/mol. The van der Waals surface area contributed by atoms with Crippen molar-refractivity contribution in [2.24, 2.45) is 0 Å². The van der Waals surface area contributed by atoms with Crippen LogP contribution in [0.25, 0.3) is 11.3 Å². The van der Waals surface area contributed by atoms with Crippen LogP contribution in [0.5, 0.6) is 5.75 Å². The topological polar surface area (TPSA) is 59.4 Å². The standard InChI is InChI=1S/C15H15NO3/c1-9-8-11(4-7-14(9)19-3)13-6-5-12(15(17)18)10(2)16-13/h4-8H,1-3H3,(H,17,18). The fourth-order valence-electron chi connectivity index (χ4n) is 1.99. The lowest BCUT2D eigenvalue weighted by atomic mass is 10.1. The van der Waals surface area contributed by atoms with Gasteiger partial charge in [-0.25, -0.2) is 4.79 Å². The molecule has 0 aliphatic rings. The van der Waals surface area contributed by atoms with E-state index < -0.39 is 5.97 Å². The Morgan fingerprint density at radius 3 is 2.47 bits per heavy atom. The molecule has 1 aromatic heterocycles. The Kier molecular flexibility index (Phi) is 3.51. The largest absolute Gasteiger partial charge is 0.496 e. The van der Waals surface area contributed by atoms with E-state index >= 15 is 0 Å². The third-order valence-electron chi connectivity index (χ3n) is 3.01. The molecule has 19 heavy (non-hydrogen) atoms. The van der Waals surface area contributed by atoms with Gasteiger partial charge >= 0.3 is 5.97 Å². The molecule has 0 aliphatic heterocycles. The van der Waals surface area contributed by atoms with Crippen LogP contribution >= 0.6 is 0 Å². The third kappa shape index (κ3) is 2.57. The van der Waals surface area contributed by atoms with Gasteiger partial charge in [-0.1, -0.05) is 0 Å². The number of hydrogen-bond acceptors (Lipinski definition) is 3. The summed E-state index contributed by atoms with van der Waals surface area (Å²) in [5, 5.41) is 8.98. The second kappa shape index (κ2) is 5.10. The van der Waals surface area contributed by atoms with Crippen molar-refractivity contribution in [2.45, 2.75) is 13.8 Å². The number of rotatable bonds is 3. The fourth-order valence-corrected chi connectivity index (χ4v) is 1.99. The van der Waals surface area contributed by atoms with Gasteiger partial charge in [-0.3, -0.25) is 4.98 Å². The number of aromatic carboxylic acids is 1. The highest BCUT2D eigenvalue weighted by Crippen LogP contribution is 2.25. The minimum atomic E-state index is -0.956. The quantitative estimate of drug-likeness (QED) is 0.918. The number of aromatic nitrogens is 1. The van der Waals surface area contributed by atoms with Crippen molar-refractivity contribution in [3.8, 4) is 17.0 Å². The van der Waals surface area contributed by atoms with Gasteiger partial charge in [0.15, 0.2) is 0 Å². The van der Waals surface area contributed by atoms with Crippen LogP contribution in [-0.4, -0.2) is 23.2 Å². The molecule has 1 N–H and O–H groups in total. The van der Waals surface area contributed by atoms with E-state index in [1.54, 1.807) is 26.2 Å². The maximum atomic E-state index is 11.0. The first-order valence-electron chi connectivity index (χ1n) is 5.89. The zero-order valence-corrected chi connectivity index (χ0v) is 11.1. The first-order chi connectivity index (χ1) is 9.02. The number of ether oxygens (including phenoxy) is 1. The Morgan fingerprint density at radius 1 is 1.21 bits per heavy atom. The Balaban J connectivity index is 2.45. The highest BCUT2D eigenvalue weighted by atomic mass is 16.5. The third-order valence-corrected chi connectivity index (χ3v) is 3.01. The number of carbonyl (C=O) groups is 1. The first-order valence-corrected chi connectivity index (χ1v) is 5.89. The normalized spacial score (nSPS) is 10.3. The molecule has 0 atom stereocenters. The van der Waals surface area contributed by atoms with Gasteiger partial charge in [0.1, 0.15) is 5.75 Å². The number of methoxy groups -OCH3 is 1. The molecule has 0 fully saturated rings. The molecule has 0 unspecified atom stereocenters. The molecule has 0 aliphatic carbocycles. The minimum Gasteiger partial charge on any atom is -0.496 e. The van der Waals surface area contributed by atoms with Gasteiger partial charge in [0, 0.05) is 5.56 Å². The number of hydrogen-bond donors (Lipinski definition) is 1. The van der Waals surface area contributed by atoms with Crippen LogP contribution in [0.4, 0.5) is 0 Å². The zero-order chi connectivity index (χ0) is 14.0. The summed E-state index contributed by atoms with van der Waals surface area (Å²) in [7, 11) is 1.63. The summed E-state index contributed by atoms with van der Waals surface area (Å²) in [6.45, 7) is 3.66. The van der Waals surface area contributed by atoms with Crippen molar-refractivity contribution in [1.82, 2.24) is 4.98 Å². The molecular weight excluding hydrogens is 242 g/mol. The number of pyridine rings is 1. The summed E-state index contributed by atoms with van der Waals surface area (Å²) in [5.74, 6) is -0.134. The molecule has 0 saturated heterocycles. The molecule has 4 heteroatoms. The highest BCUT2D eigenvalue weighted by molar-refractivity contribution is 5.89. The van der Waals surface area contributed by atoms with Crippen LogP contribution in [0.15, 0.2) is 30.3 Å². The van der Waals surface area contributed by atoms with Gasteiger partial charge in [-0.15, -0.1) is 0 Å². The summed E-state index contributed by atoms with van der Waals surface area (Å²) in [6.07, 6.45) is 0. The van der Waals surface area contributed by atoms with E-state index in [4.69, 9.17) is 9.84 Å². The number of carboxylic acids is 1. The molecule has 0 radical (unpaired) electrons. The lowest BCUT2D eigenvalue weighted by Crippen LogP contribution is -2.02. The molecular formula is C15H15NO3. The molecule has 0 spiro atoms. The van der Waals surface area contributed by atoms with Crippen molar-refractivity contribution in [2.75, 3.05) is 7.11 Å². The summed E-state index contributed by atoms with van der Waals surface area (Å²) in [4.78, 5) is 15.3. The van der Waals surface area contributed by atoms with E-state index in [0.717, 1.165) is 22.6 Å². The van der Waals surface area contributed by atoms with Crippen molar-refractivity contribution in [1.29, 1.82) is 0 Å². The summed E-state index contributed by atoms with van der Waals surface area (Å²) in [6, 6.07) is 9.07. The molecule has 0 saturated carbocycles. The Morgan fingerprint density at radius 2 is 1.95 bits per heavy atom. The van der Waals surface area contributed by atoms with Gasteiger partial charge in [0.2, 0.25) is 0 Å². The summed E-state index contributed by atoms with van der Waals surface area (Å²) >= 11 is 0. The monoisotopic (exact) mass is 257 g/mol. The molecule has 98 valence electrons. The number of nitrogens with zero attached hydrogens (tertiary/aromatic N) is 1. The van der Waals surface area contributed by atoms with Gasteiger partial charge in [-0.05, 0) is 49.7 Å². The van der Waals surface area contributed by atoms with Gasteiger partial charge in [-0.2, -0.15) is 0 Å². The van der Waals surface area contributed by atoms with E-state index in [9.17, 15) is 4.79 Å². The van der Waals surface area contributed by atoms with E-state index in [2.05, 4.69) is 4.98 Å². The van der Waals surface area contributed by atoms with Crippen LogP contribution < -0.4 is 4.74 Å². The highest BCUT2D eigenvalue weighted by Gasteiger charge is 2.10. The lowest BCUT2D eigenvalue weighted by Gasteiger charge is -2.08. The minimum absolute atomic E-state index is 0.231. The number of carboxylic acid groups (broad SMARTS) is 1. The van der Waals surface area contributed by atoms with Crippen molar-refractivity contribution < 1.29 is 14.6 Å². The second-order valence-corrected chi connectivity index (χ2v) is 4.32. The van der Waals surface area contributed by atoms with Gasteiger partial charge in [0.25, 0.3) is 0 Å². The SMILES string of the molecule is COc1ccc(-c2ccc(C(=O)O)c(C)n2)cc1C. The number of aryl methyl sites for hydroxylation is 2. The van der Waals surface area contributed by atoms with Crippen LogP contribution in [0.1, 0.15) is 21.6 Å². The molecule has 2 aromatic rings. The van der Waals surface area contributed by atoms with Crippen LogP contribution in [0.3, 0.4) is 0 Å². The van der Waals surface area contributed by atoms with Crippen LogP contribution in [0, 0.1) is 13.8 Å². The average Bonchev–Trinajstić information content (AvgIpc) is 2.38. The first kappa shape index (κ1) is 13.1. The molecule has 4 nitrogen and oxygen atoms in total. The lowest BCUT2D eigenvalue weighted by molar-refractivity contribution is 0.0695. The van der Waals surface area contributed by atoms with E-state index in [1.165, 1.54) is 0 Å². The number of benzene rings is 1. The predicted octanol–water partition coefficient (Wildman–Crippen LogP) is 3.07. The van der Waals surface area contributed by atoms with Crippen molar-refractivity contribution in [3.63, 3.8) is 0 Å². The van der Waals surface area contributed by atoms with Crippen molar-refractivity contribution >= 4 is 5.97 Å². The maximum Gasteiger partial charge on any atom is 0.337 e. The second-order valence-electron chi connectivity index (χ2n) is 4.32. The van der Waals surface area contributed by atoms with Gasteiger partial charge < -0.3 is 9.84 Å².